The topological polar surface area (TPSA) is 21.8 Å². The molecule has 0 aliphatic carbocycles. The molecule has 14 rings (SSSR count). The zero-order valence-corrected chi connectivity index (χ0v) is 47.6. The van der Waals surface area contributed by atoms with Gasteiger partial charge in [-0.05, 0) is 119 Å². The van der Waals surface area contributed by atoms with E-state index in [-0.39, 0.29) is 0 Å². The van der Waals surface area contributed by atoms with Gasteiger partial charge in [-0.15, -0.1) is 22.7 Å². The minimum absolute atomic E-state index is 0.546. The van der Waals surface area contributed by atoms with Crippen molar-refractivity contribution in [1.82, 2.24) is 0 Å². The fourth-order valence-electron chi connectivity index (χ4n) is 10.1. The van der Waals surface area contributed by atoms with Crippen molar-refractivity contribution in [3.05, 3.63) is 317 Å². The van der Waals surface area contributed by atoms with Crippen LogP contribution in [0.1, 0.15) is 0 Å². The van der Waals surface area contributed by atoms with Gasteiger partial charge in [0.05, 0.1) is 43.5 Å². The van der Waals surface area contributed by atoms with E-state index in [1.165, 1.54) is 41.7 Å². The first-order valence-electron chi connectivity index (χ1n) is 26.5. The van der Waals surface area contributed by atoms with Gasteiger partial charge in [0.1, 0.15) is 0 Å². The number of benzene rings is 12. The summed E-state index contributed by atoms with van der Waals surface area (Å²) < 4.78 is 2.55. The normalized spacial score (nSPS) is 10.9. The third-order valence-electron chi connectivity index (χ3n) is 13.9. The Morgan fingerprint density at radius 2 is 0.593 bits per heavy atom. The minimum Gasteiger partial charge on any atom is -0.356 e. The second-order valence-corrected chi connectivity index (χ2v) is 21.9. The summed E-state index contributed by atoms with van der Waals surface area (Å²) in [6, 6.07) is 99.7. The van der Waals surface area contributed by atoms with Crippen LogP contribution in [0.2, 0.25) is 15.1 Å². The second kappa shape index (κ2) is 24.7. The van der Waals surface area contributed by atoms with Gasteiger partial charge >= 0.3 is 0 Å². The van der Waals surface area contributed by atoms with Gasteiger partial charge in [0.25, 0.3) is 0 Å². The number of fused-ring (bicyclic) bond motifs is 6. The Morgan fingerprint density at radius 1 is 0.259 bits per heavy atom. The van der Waals surface area contributed by atoms with Crippen molar-refractivity contribution >= 4 is 162 Å². The van der Waals surface area contributed by atoms with Crippen molar-refractivity contribution in [2.45, 2.75) is 0 Å². The quantitative estimate of drug-likeness (QED) is 0.139. The van der Waals surface area contributed by atoms with Crippen LogP contribution in [0.25, 0.3) is 41.7 Å². The minimum atomic E-state index is 0.546. The molecule has 0 saturated heterocycles. The Hall–Kier alpha value is -8.85. The number of thiophene rings is 2. The van der Waals surface area contributed by atoms with Gasteiger partial charge in [-0.25, -0.2) is 0 Å². The lowest BCUT2D eigenvalue weighted by Crippen LogP contribution is -2.14. The van der Waals surface area contributed by atoms with Crippen LogP contribution in [0.4, 0.5) is 62.6 Å². The van der Waals surface area contributed by atoms with Crippen LogP contribution in [0.15, 0.2) is 302 Å². The van der Waals surface area contributed by atoms with Gasteiger partial charge in [-0.3, -0.25) is 0 Å². The predicted molar refractivity (Wildman–Crippen MR) is 354 cm³/mol. The Bertz CT molecular complexity index is 4300. The van der Waals surface area contributed by atoms with E-state index in [0.29, 0.717) is 15.1 Å². The third-order valence-corrected chi connectivity index (χ3v) is 17.1. The highest BCUT2D eigenvalue weighted by atomic mass is 35.5. The van der Waals surface area contributed by atoms with E-state index in [1.807, 2.05) is 115 Å². The van der Waals surface area contributed by atoms with E-state index in [1.54, 1.807) is 22.7 Å². The maximum absolute atomic E-state index is 7.43. The van der Waals surface area contributed by atoms with Crippen molar-refractivity contribution in [1.29, 1.82) is 0 Å². The monoisotopic (exact) mass is 1140 g/mol. The number of hydrogen-bond donors (Lipinski definition) is 1. The molecule has 14 aromatic rings. The van der Waals surface area contributed by atoms with Crippen molar-refractivity contribution in [3.8, 4) is 0 Å². The van der Waals surface area contributed by atoms with Crippen molar-refractivity contribution in [2.24, 2.45) is 0 Å². The highest BCUT2D eigenvalue weighted by molar-refractivity contribution is 7.19. The lowest BCUT2D eigenvalue weighted by molar-refractivity contribution is 1.26. The summed E-state index contributed by atoms with van der Waals surface area (Å²) in [6.45, 7) is 0. The first kappa shape index (κ1) is 52.8. The fourth-order valence-corrected chi connectivity index (χ4v) is 12.9. The predicted octanol–water partition coefficient (Wildman–Crippen LogP) is 23.9. The SMILES string of the molecule is Clc1c(N(c2ccccc2)c2ccccc2)cccc1N(c1ccccc1)c1csc2c1ccc1ccccc12.Clc1cccc(N(c2ccccc2)c2csc3c2ccc2ccccc23)c1Cl.c1ccc(Nc2ccccc2)cc1. The van der Waals surface area contributed by atoms with Crippen LogP contribution in [-0.4, -0.2) is 0 Å². The molecule has 2 aromatic heterocycles. The van der Waals surface area contributed by atoms with Crippen LogP contribution < -0.4 is 20.0 Å². The highest BCUT2D eigenvalue weighted by Crippen LogP contribution is 2.51. The van der Waals surface area contributed by atoms with Crippen LogP contribution in [0.5, 0.6) is 0 Å². The first-order chi connectivity index (χ1) is 40.0. The van der Waals surface area contributed by atoms with Gasteiger partial charge in [0.2, 0.25) is 0 Å². The molecule has 2 heterocycles. The lowest BCUT2D eigenvalue weighted by Gasteiger charge is -2.30. The zero-order valence-electron chi connectivity index (χ0n) is 43.7. The number of nitrogens with one attached hydrogen (secondary N) is 1. The summed E-state index contributed by atoms with van der Waals surface area (Å²) in [6.07, 6.45) is 0. The number of halogens is 3. The van der Waals surface area contributed by atoms with Crippen molar-refractivity contribution in [3.63, 3.8) is 0 Å². The summed E-state index contributed by atoms with van der Waals surface area (Å²) >= 11 is 23.9. The molecule has 1 N–H and O–H groups in total. The van der Waals surface area contributed by atoms with Gasteiger partial charge < -0.3 is 20.0 Å². The highest BCUT2D eigenvalue weighted by Gasteiger charge is 2.25. The van der Waals surface area contributed by atoms with E-state index in [0.717, 1.165) is 62.6 Å². The molecule has 392 valence electrons. The second-order valence-electron chi connectivity index (χ2n) is 19.0. The molecular formula is C72H51Cl3N4S2. The molecule has 0 aliphatic heterocycles. The van der Waals surface area contributed by atoms with Gasteiger partial charge in [-0.1, -0.05) is 229 Å². The molecule has 0 atom stereocenters. The smallest absolute Gasteiger partial charge is 0.0887 e. The molecule has 9 heteroatoms. The van der Waals surface area contributed by atoms with Gasteiger partial charge in [0, 0.05) is 65.1 Å². The fraction of sp³-hybridized carbons (Fsp3) is 0. The van der Waals surface area contributed by atoms with E-state index in [2.05, 4.69) is 207 Å². The molecule has 0 aliphatic rings. The van der Waals surface area contributed by atoms with Crippen LogP contribution in [0.3, 0.4) is 0 Å². The molecule has 4 nitrogen and oxygen atoms in total. The zero-order chi connectivity index (χ0) is 54.9. The average molecular weight is 1140 g/mol. The summed E-state index contributed by atoms with van der Waals surface area (Å²) in [5, 5.41) is 17.0. The summed E-state index contributed by atoms with van der Waals surface area (Å²) in [5.41, 5.74) is 11.4. The Balaban J connectivity index is 0.000000137. The Morgan fingerprint density at radius 3 is 1.01 bits per heavy atom. The molecule has 0 amide bonds. The van der Waals surface area contributed by atoms with Crippen molar-refractivity contribution in [2.75, 3.05) is 20.0 Å². The molecule has 0 unspecified atom stereocenters. The van der Waals surface area contributed by atoms with Crippen LogP contribution in [0, 0.1) is 0 Å². The van der Waals surface area contributed by atoms with E-state index in [9.17, 15) is 0 Å². The molecule has 0 fully saturated rings. The first-order valence-corrected chi connectivity index (χ1v) is 29.4. The molecule has 81 heavy (non-hydrogen) atoms. The summed E-state index contributed by atoms with van der Waals surface area (Å²) in [5.74, 6) is 0. The van der Waals surface area contributed by atoms with Crippen molar-refractivity contribution < 1.29 is 0 Å². The number of rotatable bonds is 11. The van der Waals surface area contributed by atoms with E-state index < -0.39 is 0 Å². The average Bonchev–Trinajstić information content (AvgIpc) is 4.24. The Kier molecular flexibility index (Phi) is 16.1. The maximum Gasteiger partial charge on any atom is 0.0887 e. The largest absolute Gasteiger partial charge is 0.356 e. The molecule has 0 radical (unpaired) electrons. The Labute approximate surface area is 495 Å². The van der Waals surface area contributed by atoms with E-state index >= 15 is 0 Å². The molecule has 0 spiro atoms. The van der Waals surface area contributed by atoms with Crippen LogP contribution >= 0.6 is 57.5 Å². The third kappa shape index (κ3) is 11.3. The van der Waals surface area contributed by atoms with Gasteiger partial charge in [-0.2, -0.15) is 0 Å². The molecule has 0 saturated carbocycles. The van der Waals surface area contributed by atoms with Gasteiger partial charge in [0.15, 0.2) is 0 Å². The summed E-state index contributed by atoms with van der Waals surface area (Å²) in [7, 11) is 0. The lowest BCUT2D eigenvalue weighted by atomic mass is 10.1. The number of anilines is 11. The van der Waals surface area contributed by atoms with Crippen LogP contribution in [-0.2, 0) is 0 Å². The standard InChI is InChI=1S/C36H25ClN2S.C24H15Cl2NS.C12H11N/c37-35-32(38(27-14-4-1-5-15-27)28-16-6-2-7-17-28)21-12-22-33(35)39(29-18-8-3-9-19-29)34-25-40-36-30-20-11-10-13-26(30)23-24-31(34)36;25-20-11-6-12-21(23(20)26)27(17-8-2-1-3-9-17)22-15-28-24-18-10-5-4-7-16(18)13-14-19(22)24;1-3-7-11(8-4-1)13-12-9-5-2-6-10-12/h1-25H;1-15H;1-10,13H. The van der Waals surface area contributed by atoms with E-state index in [4.69, 9.17) is 34.8 Å². The number of hydrogen-bond acceptors (Lipinski definition) is 6. The number of nitrogens with zero attached hydrogens (tertiary/aromatic N) is 3. The molecule has 12 aromatic carbocycles. The molecule has 0 bridgehead atoms. The molecular weight excluding hydrogens is 1090 g/mol. The maximum atomic E-state index is 7.43. The summed E-state index contributed by atoms with van der Waals surface area (Å²) in [4.78, 5) is 6.68. The number of para-hydroxylation sites is 6.